The van der Waals surface area contributed by atoms with E-state index < -0.39 is 0 Å². The molecule has 2 rings (SSSR count). The molecule has 0 saturated carbocycles. The van der Waals surface area contributed by atoms with Gasteiger partial charge in [-0.3, -0.25) is 4.79 Å². The molecule has 2 aromatic carbocycles. The Labute approximate surface area is 146 Å². The molecule has 0 aliphatic heterocycles. The van der Waals surface area contributed by atoms with Gasteiger partial charge in [-0.15, -0.1) is 0 Å². The number of amides is 1. The zero-order valence-corrected chi connectivity index (χ0v) is 15.4. The van der Waals surface area contributed by atoms with Crippen molar-refractivity contribution in [3.05, 3.63) is 64.1 Å². The fraction of sp³-hybridized carbons (Fsp3) is 0.316. The first-order valence-corrected chi connectivity index (χ1v) is 8.79. The zero-order chi connectivity index (χ0) is 16.8. The molecule has 1 amide bonds. The summed E-state index contributed by atoms with van der Waals surface area (Å²) in [5.74, 6) is 0.0214. The van der Waals surface area contributed by atoms with Crippen molar-refractivity contribution in [3.8, 4) is 0 Å². The fourth-order valence-corrected chi connectivity index (χ4v) is 3.19. The molecule has 0 spiro atoms. The smallest absolute Gasteiger partial charge is 0.282 e. The molecule has 23 heavy (non-hydrogen) atoms. The minimum atomic E-state index is -0.164. The zero-order valence-electron chi connectivity index (χ0n) is 13.8. The minimum absolute atomic E-state index is 0.0214. The van der Waals surface area contributed by atoms with Crippen LogP contribution >= 0.6 is 15.9 Å². The molecule has 0 aromatic heterocycles. The van der Waals surface area contributed by atoms with E-state index in [0.717, 1.165) is 16.6 Å². The second-order valence-corrected chi connectivity index (χ2v) is 6.69. The molecular weight excluding hydrogens is 352 g/mol. The summed E-state index contributed by atoms with van der Waals surface area (Å²) >= 11 is 3.57. The van der Waals surface area contributed by atoms with Gasteiger partial charge in [0, 0.05) is 15.7 Å². The molecule has 0 aliphatic carbocycles. The number of quaternary nitrogens is 1. The maximum Gasteiger partial charge on any atom is 0.282 e. The molecule has 3 nitrogen and oxygen atoms in total. The van der Waals surface area contributed by atoms with E-state index in [4.69, 9.17) is 0 Å². The monoisotopic (exact) mass is 375 g/mol. The summed E-state index contributed by atoms with van der Waals surface area (Å²) in [7, 11) is 0. The first-order chi connectivity index (χ1) is 11.0. The van der Waals surface area contributed by atoms with E-state index in [1.165, 1.54) is 11.1 Å². The predicted octanol–water partition coefficient (Wildman–Crippen LogP) is 3.66. The van der Waals surface area contributed by atoms with Gasteiger partial charge < -0.3 is 10.6 Å². The minimum Gasteiger partial charge on any atom is -0.330 e. The maximum atomic E-state index is 12.4. The van der Waals surface area contributed by atoms with Crippen molar-refractivity contribution in [2.75, 3.05) is 5.32 Å². The van der Waals surface area contributed by atoms with Crippen LogP contribution in [0.25, 0.3) is 0 Å². The number of aryl methyl sites for hydroxylation is 1. The number of hydrogen-bond donors (Lipinski definition) is 2. The van der Waals surface area contributed by atoms with Crippen LogP contribution in [0, 0.1) is 0 Å². The van der Waals surface area contributed by atoms with Crippen molar-refractivity contribution in [1.29, 1.82) is 0 Å². The summed E-state index contributed by atoms with van der Waals surface area (Å²) < 4.78 is 1.08. The molecular formula is C19H24BrN2O+. The quantitative estimate of drug-likeness (QED) is 0.794. The average Bonchev–Trinajstić information content (AvgIpc) is 2.55. The summed E-state index contributed by atoms with van der Waals surface area (Å²) in [4.78, 5) is 12.4. The number of rotatable bonds is 6. The van der Waals surface area contributed by atoms with Crippen LogP contribution in [0.5, 0.6) is 0 Å². The Kier molecular flexibility index (Phi) is 6.37. The number of benzene rings is 2. The summed E-state index contributed by atoms with van der Waals surface area (Å²) in [5.41, 5.74) is 3.31. The predicted molar refractivity (Wildman–Crippen MR) is 98.4 cm³/mol. The molecule has 0 unspecified atom stereocenters. The standard InChI is InChI=1S/C19H23BrN2O/c1-4-15-9-11-16(12-10-15)22-19(23)14(3)21-13(2)17-7-5-6-8-18(17)20/h5-14,21H,4H2,1-3H3,(H,22,23)/p+1/t13-,14+/m0/s1. The fourth-order valence-electron chi connectivity index (χ4n) is 2.55. The number of halogens is 1. The van der Waals surface area contributed by atoms with Crippen LogP contribution in [0.3, 0.4) is 0 Å². The third-order valence-electron chi connectivity index (χ3n) is 4.02. The lowest BCUT2D eigenvalue weighted by atomic mass is 10.1. The van der Waals surface area contributed by atoms with E-state index in [1.54, 1.807) is 0 Å². The van der Waals surface area contributed by atoms with E-state index in [9.17, 15) is 4.79 Å². The lowest BCUT2D eigenvalue weighted by Crippen LogP contribution is -2.91. The van der Waals surface area contributed by atoms with Crippen molar-refractivity contribution in [3.63, 3.8) is 0 Å². The first-order valence-electron chi connectivity index (χ1n) is 8.00. The third-order valence-corrected chi connectivity index (χ3v) is 4.74. The van der Waals surface area contributed by atoms with Gasteiger partial charge >= 0.3 is 0 Å². The number of carbonyl (C=O) groups is 1. The van der Waals surface area contributed by atoms with E-state index in [-0.39, 0.29) is 18.0 Å². The molecule has 0 radical (unpaired) electrons. The van der Waals surface area contributed by atoms with Crippen molar-refractivity contribution < 1.29 is 10.1 Å². The van der Waals surface area contributed by atoms with Gasteiger partial charge in [0.05, 0.1) is 0 Å². The van der Waals surface area contributed by atoms with E-state index in [0.29, 0.717) is 0 Å². The van der Waals surface area contributed by atoms with Gasteiger partial charge in [-0.25, -0.2) is 0 Å². The Balaban J connectivity index is 1.95. The Morgan fingerprint density at radius 1 is 1.13 bits per heavy atom. The normalized spacial score (nSPS) is 13.4. The van der Waals surface area contributed by atoms with Gasteiger partial charge in [-0.1, -0.05) is 53.2 Å². The SMILES string of the molecule is CCc1ccc(NC(=O)[C@@H](C)[NH2+][C@@H](C)c2ccccc2Br)cc1. The summed E-state index contributed by atoms with van der Waals surface area (Å²) in [5, 5.41) is 5.06. The molecule has 0 bridgehead atoms. The van der Waals surface area contributed by atoms with Crippen LogP contribution in [0.2, 0.25) is 0 Å². The van der Waals surface area contributed by atoms with Gasteiger partial charge in [0.1, 0.15) is 6.04 Å². The number of carbonyl (C=O) groups excluding carboxylic acids is 1. The Hall–Kier alpha value is -1.65. The third kappa shape index (κ3) is 4.91. The maximum absolute atomic E-state index is 12.4. The molecule has 3 N–H and O–H groups in total. The molecule has 0 aliphatic rings. The van der Waals surface area contributed by atoms with Crippen LogP contribution in [0.4, 0.5) is 5.69 Å². The molecule has 4 heteroatoms. The highest BCUT2D eigenvalue weighted by molar-refractivity contribution is 9.10. The molecule has 122 valence electrons. The van der Waals surface area contributed by atoms with E-state index in [1.807, 2.05) is 49.4 Å². The Morgan fingerprint density at radius 2 is 1.78 bits per heavy atom. The lowest BCUT2D eigenvalue weighted by molar-refractivity contribution is -0.709. The molecule has 2 atom stereocenters. The van der Waals surface area contributed by atoms with Gasteiger partial charge in [0.25, 0.3) is 5.91 Å². The lowest BCUT2D eigenvalue weighted by Gasteiger charge is -2.18. The summed E-state index contributed by atoms with van der Waals surface area (Å²) in [6, 6.07) is 16.2. The van der Waals surface area contributed by atoms with Crippen molar-refractivity contribution >= 4 is 27.5 Å². The molecule has 0 fully saturated rings. The number of hydrogen-bond acceptors (Lipinski definition) is 1. The average molecular weight is 376 g/mol. The van der Waals surface area contributed by atoms with E-state index in [2.05, 4.69) is 46.5 Å². The van der Waals surface area contributed by atoms with Crippen molar-refractivity contribution in [2.24, 2.45) is 0 Å². The van der Waals surface area contributed by atoms with E-state index >= 15 is 0 Å². The first kappa shape index (κ1) is 17.7. The van der Waals surface area contributed by atoms with Crippen LogP contribution in [-0.2, 0) is 11.2 Å². The number of nitrogens with one attached hydrogen (secondary N) is 1. The highest BCUT2D eigenvalue weighted by atomic mass is 79.9. The number of nitrogens with two attached hydrogens (primary N) is 1. The summed E-state index contributed by atoms with van der Waals surface area (Å²) in [6.45, 7) is 6.16. The summed E-state index contributed by atoms with van der Waals surface area (Å²) in [6.07, 6.45) is 1.00. The van der Waals surface area contributed by atoms with Crippen molar-refractivity contribution in [1.82, 2.24) is 0 Å². The molecule has 0 saturated heterocycles. The number of anilines is 1. The Morgan fingerprint density at radius 3 is 2.39 bits per heavy atom. The van der Waals surface area contributed by atoms with Crippen LogP contribution in [0.1, 0.15) is 37.9 Å². The Bertz CT molecular complexity index is 655. The highest BCUT2D eigenvalue weighted by Gasteiger charge is 2.21. The van der Waals surface area contributed by atoms with Crippen LogP contribution < -0.4 is 10.6 Å². The van der Waals surface area contributed by atoms with Gasteiger partial charge in [0.15, 0.2) is 6.04 Å². The van der Waals surface area contributed by atoms with Gasteiger partial charge in [-0.2, -0.15) is 0 Å². The van der Waals surface area contributed by atoms with Crippen LogP contribution in [0.15, 0.2) is 53.0 Å². The van der Waals surface area contributed by atoms with Gasteiger partial charge in [0.2, 0.25) is 0 Å². The van der Waals surface area contributed by atoms with Crippen molar-refractivity contribution in [2.45, 2.75) is 39.3 Å². The molecule has 2 aromatic rings. The van der Waals surface area contributed by atoms with Gasteiger partial charge in [-0.05, 0) is 44.0 Å². The second kappa shape index (κ2) is 8.27. The second-order valence-electron chi connectivity index (χ2n) is 5.83. The highest BCUT2D eigenvalue weighted by Crippen LogP contribution is 2.20. The van der Waals surface area contributed by atoms with Crippen LogP contribution in [-0.4, -0.2) is 11.9 Å². The topological polar surface area (TPSA) is 45.7 Å². The largest absolute Gasteiger partial charge is 0.330 e. The molecule has 0 heterocycles.